The van der Waals surface area contributed by atoms with Crippen molar-refractivity contribution < 1.29 is 4.39 Å². The molecule has 3 rings (SSSR count). The summed E-state index contributed by atoms with van der Waals surface area (Å²) in [6.45, 7) is 5.62. The van der Waals surface area contributed by atoms with Gasteiger partial charge in [-0.05, 0) is 42.8 Å². The van der Waals surface area contributed by atoms with Gasteiger partial charge in [0.05, 0.1) is 11.9 Å². The van der Waals surface area contributed by atoms with E-state index in [1.165, 1.54) is 12.1 Å². The third-order valence-electron chi connectivity index (χ3n) is 3.84. The van der Waals surface area contributed by atoms with E-state index in [0.717, 1.165) is 43.1 Å². The van der Waals surface area contributed by atoms with Crippen LogP contribution in [0.5, 0.6) is 0 Å². The van der Waals surface area contributed by atoms with Gasteiger partial charge in [0.25, 0.3) is 0 Å². The van der Waals surface area contributed by atoms with Gasteiger partial charge in [-0.25, -0.2) is 9.37 Å². The van der Waals surface area contributed by atoms with Gasteiger partial charge in [0, 0.05) is 31.9 Å². The maximum atomic E-state index is 13.0. The van der Waals surface area contributed by atoms with Crippen molar-refractivity contribution in [3.8, 4) is 0 Å². The summed E-state index contributed by atoms with van der Waals surface area (Å²) >= 11 is 5.97. The lowest BCUT2D eigenvalue weighted by molar-refractivity contribution is 0.624. The Morgan fingerprint density at radius 2 is 1.57 bits per heavy atom. The molecule has 1 saturated heterocycles. The average Bonchev–Trinajstić information content (AvgIpc) is 2.51. The molecule has 1 aliphatic heterocycles. The van der Waals surface area contributed by atoms with Crippen LogP contribution in [-0.2, 0) is 0 Å². The van der Waals surface area contributed by atoms with E-state index >= 15 is 0 Å². The number of benzene rings is 1. The van der Waals surface area contributed by atoms with Crippen LogP contribution in [0.3, 0.4) is 0 Å². The molecule has 1 aromatic heterocycles. The van der Waals surface area contributed by atoms with Gasteiger partial charge >= 0.3 is 0 Å². The number of piperazine rings is 1. The summed E-state index contributed by atoms with van der Waals surface area (Å²) in [6, 6.07) is 8.75. The third kappa shape index (κ3) is 3.10. The highest BCUT2D eigenvalue weighted by molar-refractivity contribution is 6.30. The number of halogens is 2. The average molecular weight is 306 g/mol. The Kier molecular flexibility index (Phi) is 3.97. The van der Waals surface area contributed by atoms with E-state index in [2.05, 4.69) is 20.9 Å². The van der Waals surface area contributed by atoms with Crippen LogP contribution in [0.15, 0.2) is 36.5 Å². The highest BCUT2D eigenvalue weighted by Gasteiger charge is 2.18. The maximum absolute atomic E-state index is 13.0. The van der Waals surface area contributed by atoms with Crippen molar-refractivity contribution in [3.05, 3.63) is 53.1 Å². The molecular formula is C16H17ClFN3. The molecule has 2 aromatic rings. The Bertz CT molecular complexity index is 622. The van der Waals surface area contributed by atoms with Gasteiger partial charge in [0.1, 0.15) is 11.0 Å². The van der Waals surface area contributed by atoms with Gasteiger partial charge < -0.3 is 9.80 Å². The predicted octanol–water partition coefficient (Wildman–Crippen LogP) is 3.51. The first-order valence-electron chi connectivity index (χ1n) is 7.01. The van der Waals surface area contributed by atoms with Crippen LogP contribution in [0.4, 0.5) is 15.8 Å². The Balaban J connectivity index is 1.67. The molecule has 1 fully saturated rings. The smallest absolute Gasteiger partial charge is 0.132 e. The summed E-state index contributed by atoms with van der Waals surface area (Å²) in [6.07, 6.45) is 1.82. The second-order valence-electron chi connectivity index (χ2n) is 5.25. The molecule has 0 amide bonds. The fraction of sp³-hybridized carbons (Fsp3) is 0.312. The molecule has 0 saturated carbocycles. The van der Waals surface area contributed by atoms with Crippen LogP contribution in [0, 0.1) is 12.7 Å². The monoisotopic (exact) mass is 305 g/mol. The van der Waals surface area contributed by atoms with Crippen molar-refractivity contribution in [2.45, 2.75) is 6.92 Å². The lowest BCUT2D eigenvalue weighted by Crippen LogP contribution is -2.46. The molecule has 0 aliphatic carbocycles. The number of anilines is 2. The standard InChI is InChI=1S/C16H17ClFN3/c1-12-10-15(11-19-16(12)17)21-8-6-20(7-9-21)14-4-2-13(18)3-5-14/h2-5,10-11H,6-9H2,1H3. The predicted molar refractivity (Wildman–Crippen MR) is 84.8 cm³/mol. The topological polar surface area (TPSA) is 19.4 Å². The van der Waals surface area contributed by atoms with Gasteiger partial charge in [0.15, 0.2) is 0 Å². The Hall–Kier alpha value is -1.81. The highest BCUT2D eigenvalue weighted by Crippen LogP contribution is 2.23. The number of hydrogen-bond acceptors (Lipinski definition) is 3. The van der Waals surface area contributed by atoms with Crippen molar-refractivity contribution in [3.63, 3.8) is 0 Å². The van der Waals surface area contributed by atoms with Crippen molar-refractivity contribution in [2.75, 3.05) is 36.0 Å². The second kappa shape index (κ2) is 5.90. The number of pyridine rings is 1. The summed E-state index contributed by atoms with van der Waals surface area (Å²) in [5.74, 6) is -0.194. The SMILES string of the molecule is Cc1cc(N2CCN(c3ccc(F)cc3)CC2)cnc1Cl. The minimum absolute atomic E-state index is 0.194. The van der Waals surface area contributed by atoms with Crippen LogP contribution < -0.4 is 9.80 Å². The summed E-state index contributed by atoms with van der Waals surface area (Å²) in [4.78, 5) is 8.78. The van der Waals surface area contributed by atoms with Crippen molar-refractivity contribution in [1.82, 2.24) is 4.98 Å². The summed E-state index contributed by atoms with van der Waals surface area (Å²) in [5, 5.41) is 0.559. The van der Waals surface area contributed by atoms with Crippen LogP contribution in [0.2, 0.25) is 5.15 Å². The molecular weight excluding hydrogens is 289 g/mol. The lowest BCUT2D eigenvalue weighted by atomic mass is 10.2. The molecule has 3 nitrogen and oxygen atoms in total. The van der Waals surface area contributed by atoms with E-state index in [-0.39, 0.29) is 5.82 Å². The van der Waals surface area contributed by atoms with E-state index in [0.29, 0.717) is 5.15 Å². The summed E-state index contributed by atoms with van der Waals surface area (Å²) < 4.78 is 13.0. The molecule has 1 aliphatic rings. The normalized spacial score (nSPS) is 15.4. The molecule has 0 atom stereocenters. The Morgan fingerprint density at radius 1 is 1.00 bits per heavy atom. The van der Waals surface area contributed by atoms with Crippen molar-refractivity contribution in [1.29, 1.82) is 0 Å². The van der Waals surface area contributed by atoms with Gasteiger partial charge in [-0.3, -0.25) is 0 Å². The van der Waals surface area contributed by atoms with E-state index in [1.807, 2.05) is 25.3 Å². The first-order valence-corrected chi connectivity index (χ1v) is 7.39. The highest BCUT2D eigenvalue weighted by atomic mass is 35.5. The minimum atomic E-state index is -0.194. The van der Waals surface area contributed by atoms with Crippen molar-refractivity contribution in [2.24, 2.45) is 0 Å². The van der Waals surface area contributed by atoms with E-state index < -0.39 is 0 Å². The number of aryl methyl sites for hydroxylation is 1. The van der Waals surface area contributed by atoms with Crippen molar-refractivity contribution >= 4 is 23.0 Å². The van der Waals surface area contributed by atoms with Crippen LogP contribution in [0.25, 0.3) is 0 Å². The van der Waals surface area contributed by atoms with Gasteiger partial charge in [-0.1, -0.05) is 11.6 Å². The quantitative estimate of drug-likeness (QED) is 0.792. The first-order chi connectivity index (χ1) is 10.1. The molecule has 5 heteroatoms. The number of hydrogen-bond donors (Lipinski definition) is 0. The van der Waals surface area contributed by atoms with Gasteiger partial charge in [-0.2, -0.15) is 0 Å². The molecule has 0 unspecified atom stereocenters. The van der Waals surface area contributed by atoms with Gasteiger partial charge in [0.2, 0.25) is 0 Å². The van der Waals surface area contributed by atoms with E-state index in [4.69, 9.17) is 11.6 Å². The summed E-state index contributed by atoms with van der Waals surface area (Å²) in [7, 11) is 0. The molecule has 2 heterocycles. The molecule has 0 bridgehead atoms. The van der Waals surface area contributed by atoms with E-state index in [1.54, 1.807) is 0 Å². The Morgan fingerprint density at radius 3 is 2.14 bits per heavy atom. The third-order valence-corrected chi connectivity index (χ3v) is 4.23. The molecule has 0 spiro atoms. The largest absolute Gasteiger partial charge is 0.368 e. The zero-order chi connectivity index (χ0) is 14.8. The molecule has 21 heavy (non-hydrogen) atoms. The van der Waals surface area contributed by atoms with Crippen LogP contribution in [-0.4, -0.2) is 31.2 Å². The van der Waals surface area contributed by atoms with E-state index in [9.17, 15) is 4.39 Å². The number of rotatable bonds is 2. The number of nitrogens with zero attached hydrogens (tertiary/aromatic N) is 3. The number of aromatic nitrogens is 1. The summed E-state index contributed by atoms with van der Waals surface area (Å²) in [5.41, 5.74) is 3.17. The maximum Gasteiger partial charge on any atom is 0.132 e. The molecule has 0 radical (unpaired) electrons. The second-order valence-corrected chi connectivity index (χ2v) is 5.61. The fourth-order valence-electron chi connectivity index (χ4n) is 2.59. The molecule has 0 N–H and O–H groups in total. The zero-order valence-corrected chi connectivity index (χ0v) is 12.6. The lowest BCUT2D eigenvalue weighted by Gasteiger charge is -2.37. The van der Waals surface area contributed by atoms with Crippen LogP contribution in [0.1, 0.15) is 5.56 Å². The molecule has 1 aromatic carbocycles. The van der Waals surface area contributed by atoms with Crippen LogP contribution >= 0.6 is 11.6 Å². The minimum Gasteiger partial charge on any atom is -0.368 e. The fourth-order valence-corrected chi connectivity index (χ4v) is 2.69. The molecule has 110 valence electrons. The zero-order valence-electron chi connectivity index (χ0n) is 11.9. The first kappa shape index (κ1) is 14.1. The van der Waals surface area contributed by atoms with Gasteiger partial charge in [-0.15, -0.1) is 0 Å². The Labute approximate surface area is 129 Å².